The SMILES string of the molecule is COC1C(C(=O)N(c2cc(Br)cc(C#N)c2)[C@H]2CCC[C@@H]2O)OC(CO)C(O)C1n1cc(-c2cc(F)c(F)c(Cl)c2)nn1. The minimum Gasteiger partial charge on any atom is -0.394 e. The molecule has 1 saturated carbocycles. The Labute approximate surface area is 258 Å². The number of ether oxygens (including phenoxy) is 2. The molecular weight excluding hydrogens is 656 g/mol. The molecule has 2 fully saturated rings. The second kappa shape index (κ2) is 12.9. The first kappa shape index (κ1) is 31.4. The third kappa shape index (κ3) is 6.03. The molecule has 0 radical (unpaired) electrons. The molecule has 228 valence electrons. The standard InChI is InChI=1S/C28H27BrClF2N5O6/c1-42-26-24(36-11-19(34-35-36)14-7-17(30)23(32)18(31)8-14)25(40)22(12-38)43-27(26)28(41)37(20-3-2-4-21(20)39)16-6-13(10-33)5-15(29)9-16/h5-9,11,20-22,24-27,38-40H,2-4,12H2,1H3/t20-,21-,22?,24?,25?,26?,27?/m0/s1. The lowest BCUT2D eigenvalue weighted by Gasteiger charge is -2.45. The van der Waals surface area contributed by atoms with Crippen LogP contribution < -0.4 is 4.90 Å². The van der Waals surface area contributed by atoms with Crippen molar-refractivity contribution in [2.45, 2.75) is 61.9 Å². The molecule has 5 unspecified atom stereocenters. The van der Waals surface area contributed by atoms with E-state index in [1.165, 1.54) is 35.0 Å². The van der Waals surface area contributed by atoms with E-state index >= 15 is 0 Å². The van der Waals surface area contributed by atoms with E-state index in [9.17, 15) is 34.2 Å². The van der Waals surface area contributed by atoms with Gasteiger partial charge < -0.3 is 29.7 Å². The van der Waals surface area contributed by atoms with Crippen molar-refractivity contribution in [3.63, 3.8) is 0 Å². The zero-order valence-corrected chi connectivity index (χ0v) is 25.0. The van der Waals surface area contributed by atoms with E-state index < -0.39 is 71.8 Å². The van der Waals surface area contributed by atoms with Gasteiger partial charge in [0, 0.05) is 22.8 Å². The van der Waals surface area contributed by atoms with Gasteiger partial charge in [-0.3, -0.25) is 4.79 Å². The van der Waals surface area contributed by atoms with Crippen LogP contribution in [0.1, 0.15) is 30.9 Å². The zero-order valence-electron chi connectivity index (χ0n) is 22.6. The first-order valence-corrected chi connectivity index (χ1v) is 14.5. The molecule has 2 aromatic carbocycles. The lowest BCUT2D eigenvalue weighted by molar-refractivity contribution is -0.211. The number of aromatic nitrogens is 3. The summed E-state index contributed by atoms with van der Waals surface area (Å²) >= 11 is 9.18. The molecule has 1 saturated heterocycles. The summed E-state index contributed by atoms with van der Waals surface area (Å²) < 4.78 is 41.2. The molecule has 11 nitrogen and oxygen atoms in total. The molecule has 0 bridgehead atoms. The van der Waals surface area contributed by atoms with Crippen molar-refractivity contribution >= 4 is 39.1 Å². The third-order valence-corrected chi connectivity index (χ3v) is 8.51. The number of aliphatic hydroxyl groups excluding tert-OH is 3. The number of benzene rings is 2. The first-order valence-electron chi connectivity index (χ1n) is 13.3. The molecule has 2 aliphatic rings. The highest BCUT2D eigenvalue weighted by atomic mass is 79.9. The Kier molecular flexibility index (Phi) is 9.43. The van der Waals surface area contributed by atoms with Crippen LogP contribution in [0.4, 0.5) is 14.5 Å². The number of anilines is 1. The van der Waals surface area contributed by atoms with Gasteiger partial charge in [0.05, 0.1) is 41.6 Å². The fourth-order valence-corrected chi connectivity index (χ4v) is 6.43. The molecule has 5 rings (SSSR count). The fourth-order valence-electron chi connectivity index (χ4n) is 5.74. The number of aliphatic hydroxyl groups is 3. The number of hydrogen-bond donors (Lipinski definition) is 3. The number of halogens is 4. The number of nitrogens with zero attached hydrogens (tertiary/aromatic N) is 5. The number of rotatable bonds is 7. The van der Waals surface area contributed by atoms with E-state index in [0.717, 1.165) is 6.07 Å². The molecule has 3 N–H and O–H groups in total. The first-order chi connectivity index (χ1) is 20.6. The number of methoxy groups -OCH3 is 1. The van der Waals surface area contributed by atoms with Crippen LogP contribution in [-0.4, -0.2) is 86.5 Å². The molecule has 43 heavy (non-hydrogen) atoms. The van der Waals surface area contributed by atoms with Crippen molar-refractivity contribution in [1.29, 1.82) is 5.26 Å². The lowest BCUT2D eigenvalue weighted by Crippen LogP contribution is -2.62. The Morgan fingerprint density at radius 2 is 2.05 bits per heavy atom. The van der Waals surface area contributed by atoms with Gasteiger partial charge in [-0.1, -0.05) is 32.7 Å². The van der Waals surface area contributed by atoms with Gasteiger partial charge in [-0.15, -0.1) is 5.10 Å². The number of amides is 1. The summed E-state index contributed by atoms with van der Waals surface area (Å²) in [6, 6.07) is 7.08. The molecule has 15 heteroatoms. The second-order valence-electron chi connectivity index (χ2n) is 10.4. The molecule has 2 heterocycles. The van der Waals surface area contributed by atoms with Crippen molar-refractivity contribution in [3.05, 3.63) is 63.2 Å². The highest BCUT2D eigenvalue weighted by molar-refractivity contribution is 9.10. The largest absolute Gasteiger partial charge is 0.394 e. The fraction of sp³-hybridized carbons (Fsp3) is 0.429. The summed E-state index contributed by atoms with van der Waals surface area (Å²) in [6.07, 6.45) is -3.23. The second-order valence-corrected chi connectivity index (χ2v) is 11.7. The van der Waals surface area contributed by atoms with Gasteiger partial charge in [0.25, 0.3) is 5.91 Å². The van der Waals surface area contributed by atoms with Crippen LogP contribution in [0.5, 0.6) is 0 Å². The van der Waals surface area contributed by atoms with E-state index in [-0.39, 0.29) is 16.8 Å². The number of carbonyl (C=O) groups is 1. The van der Waals surface area contributed by atoms with E-state index in [2.05, 4.69) is 32.3 Å². The van der Waals surface area contributed by atoms with E-state index in [0.29, 0.717) is 29.4 Å². The van der Waals surface area contributed by atoms with Crippen molar-refractivity contribution < 1.29 is 38.4 Å². The average Bonchev–Trinajstić information content (AvgIpc) is 3.64. The smallest absolute Gasteiger partial charge is 0.259 e. The van der Waals surface area contributed by atoms with Crippen LogP contribution >= 0.6 is 27.5 Å². The van der Waals surface area contributed by atoms with Gasteiger partial charge in [0.1, 0.15) is 30.0 Å². The molecule has 0 spiro atoms. The van der Waals surface area contributed by atoms with Crippen LogP contribution in [0.15, 0.2) is 41.0 Å². The molecular formula is C28H27BrClF2N5O6. The normalized spacial score (nSPS) is 27.2. The maximum atomic E-state index is 14.4. The van der Waals surface area contributed by atoms with Crippen molar-refractivity contribution in [2.75, 3.05) is 18.6 Å². The third-order valence-electron chi connectivity index (χ3n) is 7.78. The summed E-state index contributed by atoms with van der Waals surface area (Å²) in [5.74, 6) is -3.04. The van der Waals surface area contributed by atoms with E-state index in [1.807, 2.05) is 0 Å². The Morgan fingerprint density at radius 1 is 1.28 bits per heavy atom. The minimum atomic E-state index is -1.44. The van der Waals surface area contributed by atoms with Gasteiger partial charge in [0.2, 0.25) is 0 Å². The number of carbonyl (C=O) groups excluding carboxylic acids is 1. The maximum Gasteiger partial charge on any atom is 0.259 e. The number of nitriles is 1. The highest BCUT2D eigenvalue weighted by Gasteiger charge is 2.52. The summed E-state index contributed by atoms with van der Waals surface area (Å²) in [5, 5.41) is 49.3. The van der Waals surface area contributed by atoms with Crippen LogP contribution in [0, 0.1) is 23.0 Å². The predicted molar refractivity (Wildman–Crippen MR) is 152 cm³/mol. The van der Waals surface area contributed by atoms with Gasteiger partial charge in [-0.25, -0.2) is 13.5 Å². The summed E-state index contributed by atoms with van der Waals surface area (Å²) in [4.78, 5) is 15.8. The number of hydrogen-bond acceptors (Lipinski definition) is 9. The van der Waals surface area contributed by atoms with Crippen molar-refractivity contribution in [3.8, 4) is 17.3 Å². The summed E-state index contributed by atoms with van der Waals surface area (Å²) in [5.41, 5.74) is 0.811. The predicted octanol–water partition coefficient (Wildman–Crippen LogP) is 3.13. The minimum absolute atomic E-state index is 0.0895. The molecule has 3 aromatic rings. The lowest BCUT2D eigenvalue weighted by atomic mass is 9.91. The Balaban J connectivity index is 1.55. The van der Waals surface area contributed by atoms with Gasteiger partial charge in [-0.2, -0.15) is 5.26 Å². The molecule has 1 amide bonds. The maximum absolute atomic E-state index is 14.4. The highest BCUT2D eigenvalue weighted by Crippen LogP contribution is 2.37. The average molecular weight is 683 g/mol. The van der Waals surface area contributed by atoms with Crippen LogP contribution in [-0.2, 0) is 14.3 Å². The van der Waals surface area contributed by atoms with Crippen molar-refractivity contribution in [2.24, 2.45) is 0 Å². The Morgan fingerprint density at radius 3 is 2.67 bits per heavy atom. The monoisotopic (exact) mass is 681 g/mol. The van der Waals surface area contributed by atoms with Gasteiger partial charge in [0.15, 0.2) is 17.7 Å². The van der Waals surface area contributed by atoms with Gasteiger partial charge in [-0.05, 0) is 49.6 Å². The van der Waals surface area contributed by atoms with Crippen LogP contribution in [0.3, 0.4) is 0 Å². The Hall–Kier alpha value is -3.03. The van der Waals surface area contributed by atoms with Crippen molar-refractivity contribution in [1.82, 2.24) is 15.0 Å². The molecule has 7 atom stereocenters. The van der Waals surface area contributed by atoms with Crippen LogP contribution in [0.25, 0.3) is 11.3 Å². The van der Waals surface area contributed by atoms with Crippen LogP contribution in [0.2, 0.25) is 5.02 Å². The molecule has 1 aromatic heterocycles. The zero-order chi connectivity index (χ0) is 31.0. The molecule has 1 aliphatic carbocycles. The van der Waals surface area contributed by atoms with Gasteiger partial charge >= 0.3 is 0 Å². The summed E-state index contributed by atoms with van der Waals surface area (Å²) in [7, 11) is 1.31. The Bertz CT molecular complexity index is 1530. The van der Waals surface area contributed by atoms with E-state index in [1.54, 1.807) is 12.1 Å². The van der Waals surface area contributed by atoms with E-state index in [4.69, 9.17) is 21.1 Å². The summed E-state index contributed by atoms with van der Waals surface area (Å²) in [6.45, 7) is -0.667. The molecule has 1 aliphatic heterocycles. The topological polar surface area (TPSA) is 154 Å². The quantitative estimate of drug-likeness (QED) is 0.319.